The molecule has 0 amide bonds. The first kappa shape index (κ1) is 14.3. The average Bonchev–Trinajstić information content (AvgIpc) is 2.68. The van der Waals surface area contributed by atoms with Gasteiger partial charge in [-0.3, -0.25) is 9.78 Å². The van der Waals surface area contributed by atoms with E-state index in [1.807, 2.05) is 60.9 Å². The van der Waals surface area contributed by atoms with Crippen LogP contribution in [-0.2, 0) is 0 Å². The van der Waals surface area contributed by atoms with Crippen LogP contribution in [0.1, 0.15) is 0 Å². The first-order valence-electron chi connectivity index (χ1n) is 8.10. The summed E-state index contributed by atoms with van der Waals surface area (Å²) in [5.74, 6) is 0. The van der Waals surface area contributed by atoms with Gasteiger partial charge in [0.25, 0.3) is 0 Å². The Hall–Kier alpha value is -3.04. The van der Waals surface area contributed by atoms with E-state index in [9.17, 15) is 4.79 Å². The van der Waals surface area contributed by atoms with Crippen LogP contribution in [0.3, 0.4) is 0 Å². The number of pyridine rings is 1. The molecule has 0 spiro atoms. The van der Waals surface area contributed by atoms with Crippen LogP contribution < -0.4 is 5.43 Å². The second kappa shape index (κ2) is 5.50. The maximum Gasteiger partial charge on any atom is 0.195 e. The van der Waals surface area contributed by atoms with Gasteiger partial charge >= 0.3 is 0 Å². The van der Waals surface area contributed by atoms with Gasteiger partial charge in [-0.25, -0.2) is 0 Å². The Bertz CT molecular complexity index is 1320. The molecule has 5 aromatic rings. The first-order valence-corrected chi connectivity index (χ1v) is 8.92. The molecule has 2 aromatic heterocycles. The largest absolute Gasteiger partial charge is 0.289 e. The summed E-state index contributed by atoms with van der Waals surface area (Å²) >= 11 is 1.66. The van der Waals surface area contributed by atoms with Gasteiger partial charge < -0.3 is 0 Å². The molecule has 3 aromatic carbocycles. The normalized spacial score (nSPS) is 11.4. The quantitative estimate of drug-likeness (QED) is 0.370. The second-order valence-corrected chi connectivity index (χ2v) is 7.13. The standard InChI is InChI=1S/C22H13NOS/c24-22-17-7-3-4-8-20(17)25-21-10-9-14(11-18(21)22)19-13-23-12-15-5-1-2-6-16(15)19/h1-13H. The smallest absolute Gasteiger partial charge is 0.195 e. The predicted octanol–water partition coefficient (Wildman–Crippen LogP) is 5.63. The molecule has 0 aliphatic rings. The minimum absolute atomic E-state index is 0.0967. The molecule has 118 valence electrons. The lowest BCUT2D eigenvalue weighted by Gasteiger charge is -2.08. The van der Waals surface area contributed by atoms with Crippen molar-refractivity contribution in [2.24, 2.45) is 0 Å². The molecule has 0 bridgehead atoms. The third-order valence-electron chi connectivity index (χ3n) is 4.56. The van der Waals surface area contributed by atoms with Gasteiger partial charge in [0.1, 0.15) is 0 Å². The summed E-state index contributed by atoms with van der Waals surface area (Å²) < 4.78 is 2.04. The minimum atomic E-state index is 0.0967. The Morgan fingerprint density at radius 3 is 2.40 bits per heavy atom. The Balaban J connectivity index is 1.84. The van der Waals surface area contributed by atoms with Gasteiger partial charge in [-0.2, -0.15) is 0 Å². The number of aromatic nitrogens is 1. The van der Waals surface area contributed by atoms with E-state index in [0.717, 1.165) is 42.1 Å². The lowest BCUT2D eigenvalue weighted by Crippen LogP contribution is -2.00. The Kier molecular flexibility index (Phi) is 3.15. The molecule has 0 saturated carbocycles. The third kappa shape index (κ3) is 2.24. The Morgan fingerprint density at radius 1 is 0.720 bits per heavy atom. The molecule has 0 atom stereocenters. The Morgan fingerprint density at radius 2 is 1.48 bits per heavy atom. The van der Waals surface area contributed by atoms with E-state index in [1.165, 1.54) is 0 Å². The predicted molar refractivity (Wildman–Crippen MR) is 106 cm³/mol. The summed E-state index contributed by atoms with van der Waals surface area (Å²) in [4.78, 5) is 17.3. The highest BCUT2D eigenvalue weighted by Gasteiger charge is 2.09. The molecule has 0 radical (unpaired) electrons. The molecule has 2 heterocycles. The van der Waals surface area contributed by atoms with Crippen molar-refractivity contribution >= 4 is 42.3 Å². The van der Waals surface area contributed by atoms with E-state index in [4.69, 9.17) is 0 Å². The summed E-state index contributed by atoms with van der Waals surface area (Å²) in [6.45, 7) is 0. The highest BCUT2D eigenvalue weighted by Crippen LogP contribution is 2.31. The molecule has 0 aliphatic carbocycles. The number of hydrogen-bond donors (Lipinski definition) is 0. The van der Waals surface area contributed by atoms with E-state index in [1.54, 1.807) is 11.3 Å². The van der Waals surface area contributed by atoms with E-state index in [-0.39, 0.29) is 5.43 Å². The topological polar surface area (TPSA) is 30.0 Å². The van der Waals surface area contributed by atoms with Crippen LogP contribution in [0.4, 0.5) is 0 Å². The zero-order chi connectivity index (χ0) is 16.8. The van der Waals surface area contributed by atoms with E-state index < -0.39 is 0 Å². The fourth-order valence-corrected chi connectivity index (χ4v) is 4.37. The van der Waals surface area contributed by atoms with Gasteiger partial charge in [-0.1, -0.05) is 42.5 Å². The average molecular weight is 339 g/mol. The molecule has 0 aliphatic heterocycles. The van der Waals surface area contributed by atoms with Crippen molar-refractivity contribution in [3.63, 3.8) is 0 Å². The van der Waals surface area contributed by atoms with Crippen molar-refractivity contribution in [1.29, 1.82) is 0 Å². The van der Waals surface area contributed by atoms with Gasteiger partial charge in [0, 0.05) is 43.5 Å². The van der Waals surface area contributed by atoms with Crippen molar-refractivity contribution in [2.45, 2.75) is 0 Å². The maximum absolute atomic E-state index is 12.9. The van der Waals surface area contributed by atoms with Crippen LogP contribution in [0.2, 0.25) is 0 Å². The zero-order valence-corrected chi connectivity index (χ0v) is 14.1. The van der Waals surface area contributed by atoms with E-state index in [2.05, 4.69) is 23.2 Å². The summed E-state index contributed by atoms with van der Waals surface area (Å²) in [6.07, 6.45) is 3.74. The van der Waals surface area contributed by atoms with Crippen molar-refractivity contribution < 1.29 is 0 Å². The number of benzene rings is 3. The van der Waals surface area contributed by atoms with Gasteiger partial charge in [0.15, 0.2) is 5.43 Å². The highest BCUT2D eigenvalue weighted by molar-refractivity contribution is 7.24. The highest BCUT2D eigenvalue weighted by atomic mass is 32.1. The first-order chi connectivity index (χ1) is 12.3. The number of hydrogen-bond acceptors (Lipinski definition) is 3. The van der Waals surface area contributed by atoms with Crippen molar-refractivity contribution in [3.05, 3.63) is 89.3 Å². The van der Waals surface area contributed by atoms with Crippen LogP contribution in [0.25, 0.3) is 42.1 Å². The van der Waals surface area contributed by atoms with Crippen molar-refractivity contribution in [1.82, 2.24) is 4.98 Å². The van der Waals surface area contributed by atoms with Crippen molar-refractivity contribution in [3.8, 4) is 11.1 Å². The lowest BCUT2D eigenvalue weighted by molar-refractivity contribution is 1.36. The van der Waals surface area contributed by atoms with Gasteiger partial charge in [0.2, 0.25) is 0 Å². The Labute approximate surface area is 148 Å². The molecule has 0 saturated heterocycles. The molecule has 0 unspecified atom stereocenters. The molecule has 3 heteroatoms. The lowest BCUT2D eigenvalue weighted by atomic mass is 10.00. The van der Waals surface area contributed by atoms with Crippen LogP contribution >= 0.6 is 11.3 Å². The number of fused-ring (bicyclic) bond motifs is 3. The van der Waals surface area contributed by atoms with Gasteiger partial charge in [-0.15, -0.1) is 11.3 Å². The number of nitrogens with zero attached hydrogens (tertiary/aromatic N) is 1. The fourth-order valence-electron chi connectivity index (χ4n) is 3.32. The number of rotatable bonds is 1. The summed E-state index contributed by atoms with van der Waals surface area (Å²) in [6, 6.07) is 22.1. The van der Waals surface area contributed by atoms with Crippen molar-refractivity contribution in [2.75, 3.05) is 0 Å². The molecule has 5 rings (SSSR count). The second-order valence-electron chi connectivity index (χ2n) is 6.05. The van der Waals surface area contributed by atoms with Gasteiger partial charge in [0.05, 0.1) is 0 Å². The van der Waals surface area contributed by atoms with Crippen LogP contribution in [-0.4, -0.2) is 4.98 Å². The van der Waals surface area contributed by atoms with E-state index >= 15 is 0 Å². The van der Waals surface area contributed by atoms with E-state index in [0.29, 0.717) is 0 Å². The zero-order valence-electron chi connectivity index (χ0n) is 13.3. The van der Waals surface area contributed by atoms with Crippen LogP contribution in [0.15, 0.2) is 83.9 Å². The molecule has 2 nitrogen and oxygen atoms in total. The molecular formula is C22H13NOS. The fraction of sp³-hybridized carbons (Fsp3) is 0. The molecule has 0 fully saturated rings. The van der Waals surface area contributed by atoms with Gasteiger partial charge in [-0.05, 0) is 35.2 Å². The van der Waals surface area contributed by atoms with Crippen LogP contribution in [0, 0.1) is 0 Å². The third-order valence-corrected chi connectivity index (χ3v) is 5.71. The SMILES string of the molecule is O=c1c2ccccc2sc2ccc(-c3cncc4ccccc34)cc12. The molecular weight excluding hydrogens is 326 g/mol. The summed E-state index contributed by atoms with van der Waals surface area (Å²) in [5.41, 5.74) is 2.17. The summed E-state index contributed by atoms with van der Waals surface area (Å²) in [7, 11) is 0. The maximum atomic E-state index is 12.9. The monoisotopic (exact) mass is 339 g/mol. The molecule has 25 heavy (non-hydrogen) atoms. The van der Waals surface area contributed by atoms with Crippen LogP contribution in [0.5, 0.6) is 0 Å². The minimum Gasteiger partial charge on any atom is -0.289 e. The molecule has 0 N–H and O–H groups in total. The summed E-state index contributed by atoms with van der Waals surface area (Å²) in [5, 5.41) is 3.81.